The number of ether oxygens (including phenoxy) is 3. The smallest absolute Gasteiger partial charge is 0.257 e. The van der Waals surface area contributed by atoms with Crippen molar-refractivity contribution in [3.8, 4) is 16.9 Å². The number of rotatable bonds is 11. The third-order valence-corrected chi connectivity index (χ3v) is 9.60. The minimum atomic E-state index is -2.34. The summed E-state index contributed by atoms with van der Waals surface area (Å²) in [6.07, 6.45) is -0.633. The van der Waals surface area contributed by atoms with Crippen molar-refractivity contribution < 1.29 is 46.1 Å². The van der Waals surface area contributed by atoms with Gasteiger partial charge in [-0.15, -0.1) is 11.8 Å². The predicted octanol–water partition coefficient (Wildman–Crippen LogP) is 8.82. The minimum absolute atomic E-state index is 0.0681. The van der Waals surface area contributed by atoms with Gasteiger partial charge in [0.2, 0.25) is 5.82 Å². The monoisotopic (exact) mass is 721 g/mol. The van der Waals surface area contributed by atoms with Crippen LogP contribution >= 0.6 is 11.8 Å². The fraction of sp³-hybridized carbons (Fsp3) is 0.205. The van der Waals surface area contributed by atoms with Crippen molar-refractivity contribution in [2.45, 2.75) is 43.0 Å². The Morgan fingerprint density at radius 2 is 1.45 bits per heavy atom. The van der Waals surface area contributed by atoms with Crippen LogP contribution in [0.15, 0.2) is 102 Å². The zero-order chi connectivity index (χ0) is 36.1. The largest absolute Gasteiger partial charge is 0.496 e. The molecule has 0 aromatic heterocycles. The van der Waals surface area contributed by atoms with Gasteiger partial charge in [0.1, 0.15) is 11.3 Å². The van der Waals surface area contributed by atoms with Crippen LogP contribution in [0.25, 0.3) is 11.1 Å². The number of halogens is 5. The van der Waals surface area contributed by atoms with Gasteiger partial charge in [-0.05, 0) is 52.1 Å². The number of aliphatic hydroxyl groups is 1. The van der Waals surface area contributed by atoms with Crippen LogP contribution in [0.1, 0.15) is 51.4 Å². The standard InChI is InChI=1S/C39H32F5NO5S/c1-48-29-10-2-3-11-31(29)51-21-28-18-30(24-14-12-22(20-46)13-15-24)50-39(49-28)27-9-5-8-26(17-27)25-7-4-6-23(16-25)19-45-38(47)32-33(40)35(42)37(44)36(43)34(32)41/h2-17,28,30,39,46H,18-21H2,1H3,(H,45,47)/t28-,30+,39+/m1/s1. The molecule has 12 heteroatoms. The number of aliphatic hydroxyl groups excluding tert-OH is 1. The summed E-state index contributed by atoms with van der Waals surface area (Å²) in [6.45, 7) is -0.315. The van der Waals surface area contributed by atoms with E-state index >= 15 is 0 Å². The second-order valence-corrected chi connectivity index (χ2v) is 12.8. The Hall–Kier alpha value is -4.75. The predicted molar refractivity (Wildman–Crippen MR) is 181 cm³/mol. The summed E-state index contributed by atoms with van der Waals surface area (Å²) in [6, 6.07) is 29.8. The molecule has 0 spiro atoms. The third-order valence-electron chi connectivity index (χ3n) is 8.42. The third kappa shape index (κ3) is 8.10. The van der Waals surface area contributed by atoms with Crippen molar-refractivity contribution in [2.75, 3.05) is 12.9 Å². The van der Waals surface area contributed by atoms with E-state index < -0.39 is 46.8 Å². The Labute approximate surface area is 295 Å². The first kappa shape index (κ1) is 36.1. The molecular formula is C39H32F5NO5S. The van der Waals surface area contributed by atoms with E-state index in [1.807, 2.05) is 78.9 Å². The second-order valence-electron chi connectivity index (χ2n) is 11.8. The lowest BCUT2D eigenvalue weighted by Crippen LogP contribution is -2.31. The van der Waals surface area contributed by atoms with Crippen molar-refractivity contribution >= 4 is 17.7 Å². The highest BCUT2D eigenvalue weighted by molar-refractivity contribution is 7.99. The van der Waals surface area contributed by atoms with Gasteiger partial charge in [0.25, 0.3) is 5.91 Å². The molecule has 0 unspecified atom stereocenters. The molecule has 1 saturated heterocycles. The van der Waals surface area contributed by atoms with Crippen molar-refractivity contribution in [1.82, 2.24) is 5.32 Å². The van der Waals surface area contributed by atoms with Crippen molar-refractivity contribution in [3.63, 3.8) is 0 Å². The minimum Gasteiger partial charge on any atom is -0.496 e. The highest BCUT2D eigenvalue weighted by Crippen LogP contribution is 2.41. The molecule has 0 aliphatic carbocycles. The van der Waals surface area contributed by atoms with Gasteiger partial charge in [0.15, 0.2) is 29.6 Å². The summed E-state index contributed by atoms with van der Waals surface area (Å²) in [5, 5.41) is 11.8. The van der Waals surface area contributed by atoms with Crippen LogP contribution in [0.3, 0.4) is 0 Å². The van der Waals surface area contributed by atoms with Gasteiger partial charge in [0.05, 0.1) is 25.9 Å². The fourth-order valence-electron chi connectivity index (χ4n) is 5.74. The number of hydrogen-bond acceptors (Lipinski definition) is 6. The molecule has 0 bridgehead atoms. The Kier molecular flexibility index (Phi) is 11.4. The highest BCUT2D eigenvalue weighted by Gasteiger charge is 2.33. The summed E-state index contributed by atoms with van der Waals surface area (Å²) in [5.41, 5.74) is 2.96. The average Bonchev–Trinajstić information content (AvgIpc) is 3.18. The van der Waals surface area contributed by atoms with Crippen LogP contribution in [-0.4, -0.2) is 30.0 Å². The quantitative estimate of drug-likeness (QED) is 0.0615. The topological polar surface area (TPSA) is 77.0 Å². The molecule has 51 heavy (non-hydrogen) atoms. The normalized spacial score (nSPS) is 17.3. The first-order valence-electron chi connectivity index (χ1n) is 15.9. The van der Waals surface area contributed by atoms with Crippen LogP contribution in [-0.2, 0) is 22.6 Å². The second kappa shape index (κ2) is 16.1. The van der Waals surface area contributed by atoms with Gasteiger partial charge in [0, 0.05) is 29.2 Å². The van der Waals surface area contributed by atoms with E-state index in [1.54, 1.807) is 37.1 Å². The summed E-state index contributed by atoms with van der Waals surface area (Å²) in [7, 11) is 1.63. The molecule has 0 radical (unpaired) electrons. The summed E-state index contributed by atoms with van der Waals surface area (Å²) < 4.78 is 87.6. The van der Waals surface area contributed by atoms with E-state index in [0.717, 1.165) is 38.5 Å². The van der Waals surface area contributed by atoms with Gasteiger partial charge in [-0.1, -0.05) is 72.8 Å². The molecule has 5 aromatic carbocycles. The number of carbonyl (C=O) groups is 1. The Bertz CT molecular complexity index is 2000. The number of hydrogen-bond donors (Lipinski definition) is 2. The maximum Gasteiger partial charge on any atom is 0.257 e. The van der Waals surface area contributed by atoms with Crippen LogP contribution in [0.4, 0.5) is 22.0 Å². The van der Waals surface area contributed by atoms with E-state index in [4.69, 9.17) is 14.2 Å². The van der Waals surface area contributed by atoms with Crippen LogP contribution in [0, 0.1) is 29.1 Å². The molecular weight excluding hydrogens is 689 g/mol. The molecule has 264 valence electrons. The maximum absolute atomic E-state index is 14.2. The number of carbonyl (C=O) groups excluding carboxylic acids is 1. The zero-order valence-corrected chi connectivity index (χ0v) is 28.0. The van der Waals surface area contributed by atoms with Crippen molar-refractivity contribution in [1.29, 1.82) is 0 Å². The summed E-state index contributed by atoms with van der Waals surface area (Å²) >= 11 is 1.62. The molecule has 5 aromatic rings. The van der Waals surface area contributed by atoms with Gasteiger partial charge in [-0.25, -0.2) is 22.0 Å². The number of amides is 1. The zero-order valence-electron chi connectivity index (χ0n) is 27.2. The summed E-state index contributed by atoms with van der Waals surface area (Å²) in [5.74, 6) is -11.2. The SMILES string of the molecule is COc1ccccc1SC[C@H]1C[C@@H](c2ccc(CO)cc2)O[C@@H](c2cccc(-c3cccc(CNC(=O)c4c(F)c(F)c(F)c(F)c4F)c3)c2)O1. The number of thioether (sulfide) groups is 1. The first-order chi connectivity index (χ1) is 24.7. The van der Waals surface area contributed by atoms with E-state index in [9.17, 15) is 31.9 Å². The molecule has 6 nitrogen and oxygen atoms in total. The number of benzene rings is 5. The lowest BCUT2D eigenvalue weighted by atomic mass is 9.99. The lowest BCUT2D eigenvalue weighted by Gasteiger charge is -2.36. The van der Waals surface area contributed by atoms with E-state index in [-0.39, 0.29) is 25.4 Å². The van der Waals surface area contributed by atoms with Crippen molar-refractivity contribution in [3.05, 3.63) is 154 Å². The molecule has 0 saturated carbocycles. The van der Waals surface area contributed by atoms with Crippen LogP contribution < -0.4 is 10.1 Å². The Balaban J connectivity index is 1.21. The number of nitrogens with one attached hydrogen (secondary N) is 1. The van der Waals surface area contributed by atoms with Gasteiger partial charge in [-0.2, -0.15) is 0 Å². The first-order valence-corrected chi connectivity index (χ1v) is 16.9. The van der Waals surface area contributed by atoms with Crippen LogP contribution in [0.5, 0.6) is 5.75 Å². The number of para-hydroxylation sites is 1. The molecule has 1 aliphatic rings. The summed E-state index contributed by atoms with van der Waals surface area (Å²) in [4.78, 5) is 13.5. The molecule has 6 rings (SSSR count). The van der Waals surface area contributed by atoms with E-state index in [0.29, 0.717) is 17.7 Å². The van der Waals surface area contributed by atoms with E-state index in [1.165, 1.54) is 0 Å². The molecule has 1 amide bonds. The Morgan fingerprint density at radius 3 is 2.16 bits per heavy atom. The molecule has 1 aliphatic heterocycles. The number of methoxy groups -OCH3 is 1. The van der Waals surface area contributed by atoms with Crippen molar-refractivity contribution in [2.24, 2.45) is 0 Å². The molecule has 1 heterocycles. The van der Waals surface area contributed by atoms with Gasteiger partial charge in [-0.3, -0.25) is 4.79 Å². The maximum atomic E-state index is 14.2. The van der Waals surface area contributed by atoms with Crippen LogP contribution in [0.2, 0.25) is 0 Å². The average molecular weight is 722 g/mol. The van der Waals surface area contributed by atoms with E-state index in [2.05, 4.69) is 5.32 Å². The molecule has 2 N–H and O–H groups in total. The molecule has 3 atom stereocenters. The highest BCUT2D eigenvalue weighted by atomic mass is 32.2. The lowest BCUT2D eigenvalue weighted by molar-refractivity contribution is -0.245. The van der Waals surface area contributed by atoms with Gasteiger partial charge < -0.3 is 24.6 Å². The Morgan fingerprint density at radius 1 is 0.784 bits per heavy atom. The van der Waals surface area contributed by atoms with Gasteiger partial charge >= 0.3 is 0 Å². The fourth-order valence-corrected chi connectivity index (χ4v) is 6.79. The molecule has 1 fully saturated rings.